The van der Waals surface area contributed by atoms with Crippen molar-refractivity contribution in [3.63, 3.8) is 0 Å². The number of hydrazine groups is 1. The van der Waals surface area contributed by atoms with Crippen LogP contribution in [0.2, 0.25) is 10.6 Å². The Hall–Kier alpha value is -6.53. The summed E-state index contributed by atoms with van der Waals surface area (Å²) < 4.78 is 45.2. The molecule has 540 valence electrons. The Morgan fingerprint density at radius 3 is 1.89 bits per heavy atom. The molecule has 11 atom stereocenters. The van der Waals surface area contributed by atoms with Gasteiger partial charge in [-0.3, -0.25) is 53.0 Å². The van der Waals surface area contributed by atoms with Gasteiger partial charge in [-0.05, 0) is 122 Å². The van der Waals surface area contributed by atoms with E-state index >= 15 is 0 Å². The van der Waals surface area contributed by atoms with E-state index in [1.165, 1.54) is 38.2 Å². The molecule has 31 heteroatoms. The number of ether oxygens (including phenoxy) is 3. The smallest absolute Gasteiger partial charge is 0.410 e. The molecular formula is C65H106Cl2N14O14S. The zero-order chi connectivity index (χ0) is 72.1. The lowest BCUT2D eigenvalue weighted by atomic mass is 9.89. The van der Waals surface area contributed by atoms with E-state index in [0.29, 0.717) is 62.9 Å². The second kappa shape index (κ2) is 38.6. The molecule has 1 saturated heterocycles. The topological polar surface area (TPSA) is 351 Å². The number of carbonyl (C=O) groups excluding carboxylic acids is 9. The van der Waals surface area contributed by atoms with Gasteiger partial charge in [0.15, 0.2) is 0 Å². The Morgan fingerprint density at radius 2 is 1.33 bits per heavy atom. The summed E-state index contributed by atoms with van der Waals surface area (Å²) in [5, 5.41) is 14.6. The van der Waals surface area contributed by atoms with Crippen LogP contribution in [0.3, 0.4) is 0 Å². The number of unbranched alkanes of at least 4 members (excludes halogenated alkanes) is 2. The molecule has 1 aliphatic carbocycles. The van der Waals surface area contributed by atoms with Crippen LogP contribution in [-0.4, -0.2) is 205 Å². The van der Waals surface area contributed by atoms with Crippen molar-refractivity contribution < 1.29 is 65.8 Å². The highest BCUT2D eigenvalue weighted by Gasteiger charge is 2.45. The Labute approximate surface area is 577 Å². The largest absolute Gasteiger partial charge is 0.445 e. The number of sulfonamides is 1. The molecule has 2 heterocycles. The Bertz CT molecular complexity index is 3040. The molecular weight excluding hydrogens is 1300 g/mol. The highest BCUT2D eigenvalue weighted by molar-refractivity contribution is 7.91. The number of hydrogen-bond acceptors (Lipinski definition) is 19. The van der Waals surface area contributed by atoms with Crippen LogP contribution in [0, 0.1) is 35.5 Å². The number of anilines is 2. The van der Waals surface area contributed by atoms with E-state index in [1.807, 2.05) is 41.5 Å². The first-order chi connectivity index (χ1) is 45.1. The van der Waals surface area contributed by atoms with Gasteiger partial charge < -0.3 is 50.6 Å². The fourth-order valence-corrected chi connectivity index (χ4v) is 13.4. The number of halogens is 2. The van der Waals surface area contributed by atoms with Crippen molar-refractivity contribution in [1.29, 1.82) is 0 Å². The van der Waals surface area contributed by atoms with Crippen LogP contribution in [0.5, 0.6) is 0 Å². The maximum Gasteiger partial charge on any atom is 0.410 e. The lowest BCUT2D eigenvalue weighted by molar-refractivity contribution is -0.149. The average Bonchev–Trinajstić information content (AvgIpc) is 1.30. The van der Waals surface area contributed by atoms with E-state index in [2.05, 4.69) is 51.7 Å². The van der Waals surface area contributed by atoms with Crippen LogP contribution in [0.4, 0.5) is 16.4 Å². The molecule has 0 radical (unpaired) electrons. The van der Waals surface area contributed by atoms with Crippen molar-refractivity contribution in [2.45, 2.75) is 220 Å². The van der Waals surface area contributed by atoms with Gasteiger partial charge in [0.25, 0.3) is 11.8 Å². The maximum absolute atomic E-state index is 14.9. The van der Waals surface area contributed by atoms with E-state index < -0.39 is 123 Å². The van der Waals surface area contributed by atoms with Crippen molar-refractivity contribution in [2.24, 2.45) is 35.5 Å². The van der Waals surface area contributed by atoms with Gasteiger partial charge in [-0.15, -0.1) is 0 Å². The molecule has 2 aromatic rings. The van der Waals surface area contributed by atoms with Gasteiger partial charge >= 0.3 is 6.09 Å². The summed E-state index contributed by atoms with van der Waals surface area (Å²) >= 11 is 11.6. The molecule has 2 fully saturated rings. The number of likely N-dealkylation sites (tertiary alicyclic amines) is 1. The summed E-state index contributed by atoms with van der Waals surface area (Å²) in [7, 11) is 3.61. The highest BCUT2D eigenvalue weighted by Crippen LogP contribution is 2.31. The summed E-state index contributed by atoms with van der Waals surface area (Å²) in [6, 6.07) is 0.244. The number of aromatic nitrogens is 3. The number of nitrogens with zero attached hydrogens (tertiary/aromatic N) is 7. The second-order valence-electron chi connectivity index (χ2n) is 26.7. The molecule has 2 aliphatic rings. The molecule has 0 unspecified atom stereocenters. The minimum Gasteiger partial charge on any atom is -0.445 e. The first kappa shape index (κ1) is 81.9. The van der Waals surface area contributed by atoms with Crippen molar-refractivity contribution in [3.05, 3.63) is 40.4 Å². The molecule has 4 rings (SSSR count). The standard InChI is InChI=1S/C65H106Cl2N14O14S/c1-18-40(10)54(48(93-16)34-50(83)81-32-22-23-47(81)55(94-17)41(11)56(84)71-46(33-36(2)3)58(86)77-96(91,92)45-29-30-45)78(13)60(88)52(38(6)7)76-80(15)61(89)51(37(4)5)72-59(87)53(39(8)9)79(14)65(90)95-35-43-25-27-44(28-26-43)70-57(85)42(12)69-49(82)24-20-19-21-31-68-64-74-62(66)73-63(67)75-64/h25-28,36-42,45-48,51-55,76H,18-24,29-35H2,1-17H3,(H,69,82)(H,70,85)(H,71,84)(H,72,87)(H,77,86)(H,68,73,74,75)/t40-,41+,42-,46-,47-,48+,51-,52-,53-,54-,55+/m0/s1. The van der Waals surface area contributed by atoms with Gasteiger partial charge in [0.2, 0.25) is 62.0 Å². The third-order valence-corrected chi connectivity index (χ3v) is 19.7. The monoisotopic (exact) mass is 1410 g/mol. The number of hydrogen-bond donors (Lipinski definition) is 7. The van der Waals surface area contributed by atoms with Crippen LogP contribution in [0.1, 0.15) is 159 Å². The predicted molar refractivity (Wildman–Crippen MR) is 365 cm³/mol. The fraction of sp³-hybridized carbons (Fsp3) is 0.723. The minimum atomic E-state index is -3.87. The molecule has 1 aliphatic heterocycles. The van der Waals surface area contributed by atoms with E-state index in [4.69, 9.17) is 37.4 Å². The first-order valence-corrected chi connectivity index (χ1v) is 35.6. The van der Waals surface area contributed by atoms with Crippen molar-refractivity contribution in [1.82, 2.24) is 60.8 Å². The van der Waals surface area contributed by atoms with E-state index in [-0.39, 0.29) is 77.9 Å². The van der Waals surface area contributed by atoms with E-state index in [9.17, 15) is 51.6 Å². The number of benzene rings is 1. The van der Waals surface area contributed by atoms with Gasteiger partial charge in [-0.2, -0.15) is 15.0 Å². The van der Waals surface area contributed by atoms with Crippen LogP contribution < -0.4 is 36.7 Å². The van der Waals surface area contributed by atoms with E-state index in [0.717, 1.165) is 12.8 Å². The Morgan fingerprint density at radius 1 is 0.708 bits per heavy atom. The quantitative estimate of drug-likeness (QED) is 0.0295. The minimum absolute atomic E-state index is 0.0238. The highest BCUT2D eigenvalue weighted by atomic mass is 35.5. The molecule has 1 saturated carbocycles. The first-order valence-electron chi connectivity index (χ1n) is 33.3. The third kappa shape index (κ3) is 24.5. The number of rotatable bonds is 39. The average molecular weight is 1410 g/mol. The molecule has 7 N–H and O–H groups in total. The van der Waals surface area contributed by atoms with Gasteiger partial charge in [0.05, 0.1) is 41.9 Å². The van der Waals surface area contributed by atoms with Crippen molar-refractivity contribution >= 4 is 98.2 Å². The van der Waals surface area contributed by atoms with E-state index in [1.54, 1.807) is 82.7 Å². The van der Waals surface area contributed by atoms with Gasteiger partial charge in [0, 0.05) is 60.6 Å². The molecule has 1 aromatic carbocycles. The van der Waals surface area contributed by atoms with Gasteiger partial charge in [-0.1, -0.05) is 101 Å². The SMILES string of the molecule is CC[C@H](C)[C@@H]([C@@H](CC(=O)N1CCC[C@H]1[C@H](OC)[C@@H](C)C(=O)N[C@@H](CC(C)C)C(=O)NS(=O)(=O)C1CC1)OC)N(C)C(=O)[C@@H](NN(C)C(=O)[C@@H](NC(=O)[C@H](C(C)C)N(C)C(=O)OCc1ccc(NC(=O)[C@H](C)NC(=O)CCCCCNc2nc(Cl)nc(Cl)n2)cc1)C(C)C)C(C)C. The molecule has 28 nitrogen and oxygen atoms in total. The normalized spacial score (nSPS) is 17.2. The number of methoxy groups -OCH3 is 2. The lowest BCUT2D eigenvalue weighted by Crippen LogP contribution is -2.62. The Kier molecular flexibility index (Phi) is 32.9. The lowest BCUT2D eigenvalue weighted by Gasteiger charge is -2.41. The third-order valence-electron chi connectivity index (χ3n) is 17.5. The van der Waals surface area contributed by atoms with Crippen LogP contribution in [0.15, 0.2) is 24.3 Å². The van der Waals surface area contributed by atoms with Gasteiger partial charge in [0.1, 0.15) is 36.8 Å². The number of amides is 9. The second-order valence-corrected chi connectivity index (χ2v) is 29.4. The molecule has 1 aromatic heterocycles. The van der Waals surface area contributed by atoms with Crippen molar-refractivity contribution in [2.75, 3.05) is 59.1 Å². The van der Waals surface area contributed by atoms with Crippen LogP contribution in [-0.2, 0) is 69.2 Å². The maximum atomic E-state index is 14.9. The predicted octanol–water partition coefficient (Wildman–Crippen LogP) is 6.08. The van der Waals surface area contributed by atoms with Gasteiger partial charge in [-0.25, -0.2) is 18.6 Å². The zero-order valence-corrected chi connectivity index (χ0v) is 61.3. The summed E-state index contributed by atoms with van der Waals surface area (Å²) in [5.41, 5.74) is 4.14. The molecule has 9 amide bonds. The number of likely N-dealkylation sites (N-methyl/N-ethyl adjacent to an activating group) is 3. The molecule has 96 heavy (non-hydrogen) atoms. The fourth-order valence-electron chi connectivity index (χ4n) is 11.7. The van der Waals surface area contributed by atoms with Crippen molar-refractivity contribution in [3.8, 4) is 0 Å². The van der Waals surface area contributed by atoms with Crippen LogP contribution >= 0.6 is 23.2 Å². The summed E-state index contributed by atoms with van der Waals surface area (Å²) in [6.45, 7) is 22.3. The van der Waals surface area contributed by atoms with Crippen LogP contribution in [0.25, 0.3) is 0 Å². The zero-order valence-electron chi connectivity index (χ0n) is 59.0. The summed E-state index contributed by atoms with van der Waals surface area (Å²) in [4.78, 5) is 141. The molecule has 0 spiro atoms. The molecule has 0 bridgehead atoms. The summed E-state index contributed by atoms with van der Waals surface area (Å²) in [5.74, 6) is -6.05. The number of nitrogens with one attached hydrogen (secondary N) is 7. The summed E-state index contributed by atoms with van der Waals surface area (Å²) in [6.07, 6.45) is 2.55. The Balaban J connectivity index is 1.34. The number of carbonyl (C=O) groups is 9.